The van der Waals surface area contributed by atoms with E-state index in [4.69, 9.17) is 9.26 Å². The van der Waals surface area contributed by atoms with Gasteiger partial charge in [-0.1, -0.05) is 38.1 Å². The van der Waals surface area contributed by atoms with Crippen molar-refractivity contribution in [1.29, 1.82) is 0 Å². The SMILES string of the molecule is CC(C)(C)c1noc(-c2ccccc2C(=O)Nc2ccc(OC3CCCC3)cc2)n1. The number of benzene rings is 2. The van der Waals surface area contributed by atoms with Gasteiger partial charge in [0.05, 0.1) is 17.2 Å². The average Bonchev–Trinajstić information content (AvgIpc) is 3.41. The average molecular weight is 405 g/mol. The summed E-state index contributed by atoms with van der Waals surface area (Å²) in [7, 11) is 0. The molecule has 156 valence electrons. The van der Waals surface area contributed by atoms with Crippen LogP contribution in [-0.2, 0) is 5.41 Å². The number of carbonyl (C=O) groups is 1. The molecule has 6 heteroatoms. The maximum atomic E-state index is 12.9. The molecule has 0 atom stereocenters. The number of nitrogens with zero attached hydrogens (tertiary/aromatic N) is 2. The van der Waals surface area contributed by atoms with Gasteiger partial charge in [-0.15, -0.1) is 0 Å². The third kappa shape index (κ3) is 4.53. The van der Waals surface area contributed by atoms with Crippen LogP contribution in [0.25, 0.3) is 11.5 Å². The second kappa shape index (κ2) is 8.30. The summed E-state index contributed by atoms with van der Waals surface area (Å²) in [6, 6.07) is 14.7. The van der Waals surface area contributed by atoms with Gasteiger partial charge in [0, 0.05) is 11.1 Å². The molecule has 0 saturated heterocycles. The van der Waals surface area contributed by atoms with Crippen LogP contribution in [0.5, 0.6) is 5.75 Å². The lowest BCUT2D eigenvalue weighted by atomic mass is 9.96. The molecule has 0 unspecified atom stereocenters. The van der Waals surface area contributed by atoms with Gasteiger partial charge in [0.2, 0.25) is 0 Å². The number of ether oxygens (including phenoxy) is 1. The second-order valence-corrected chi connectivity index (χ2v) is 8.72. The Morgan fingerprint density at radius 1 is 1.07 bits per heavy atom. The summed E-state index contributed by atoms with van der Waals surface area (Å²) in [6.45, 7) is 6.04. The first kappa shape index (κ1) is 20.1. The van der Waals surface area contributed by atoms with Gasteiger partial charge in [-0.25, -0.2) is 0 Å². The van der Waals surface area contributed by atoms with Gasteiger partial charge in [0.1, 0.15) is 5.75 Å². The molecule has 1 saturated carbocycles. The highest BCUT2D eigenvalue weighted by Crippen LogP contribution is 2.28. The van der Waals surface area contributed by atoms with Crippen molar-refractivity contribution < 1.29 is 14.1 Å². The maximum Gasteiger partial charge on any atom is 0.258 e. The summed E-state index contributed by atoms with van der Waals surface area (Å²) in [5.74, 6) is 1.54. The zero-order valence-corrected chi connectivity index (χ0v) is 17.6. The first-order valence-corrected chi connectivity index (χ1v) is 10.4. The van der Waals surface area contributed by atoms with Crippen LogP contribution in [0, 0.1) is 0 Å². The molecule has 0 aliphatic heterocycles. The molecule has 1 heterocycles. The van der Waals surface area contributed by atoms with Crippen molar-refractivity contribution in [3.05, 3.63) is 59.9 Å². The van der Waals surface area contributed by atoms with E-state index in [-0.39, 0.29) is 11.3 Å². The summed E-state index contributed by atoms with van der Waals surface area (Å²) < 4.78 is 11.4. The fraction of sp³-hybridized carbons (Fsp3) is 0.375. The summed E-state index contributed by atoms with van der Waals surface area (Å²) in [4.78, 5) is 17.4. The number of aromatic nitrogens is 2. The Labute approximate surface area is 176 Å². The molecule has 1 amide bonds. The van der Waals surface area contributed by atoms with Gasteiger partial charge < -0.3 is 14.6 Å². The Hall–Kier alpha value is -3.15. The van der Waals surface area contributed by atoms with Crippen molar-refractivity contribution in [1.82, 2.24) is 10.1 Å². The molecule has 4 rings (SSSR count). The van der Waals surface area contributed by atoms with E-state index in [0.717, 1.165) is 18.6 Å². The van der Waals surface area contributed by atoms with Gasteiger partial charge in [-0.3, -0.25) is 4.79 Å². The molecule has 1 N–H and O–H groups in total. The minimum Gasteiger partial charge on any atom is -0.490 e. The number of amides is 1. The van der Waals surface area contributed by atoms with Crippen LogP contribution in [0.3, 0.4) is 0 Å². The predicted octanol–water partition coefficient (Wildman–Crippen LogP) is 5.61. The zero-order chi connectivity index (χ0) is 21.1. The molecule has 1 aromatic heterocycles. The maximum absolute atomic E-state index is 12.9. The Balaban J connectivity index is 1.49. The second-order valence-electron chi connectivity index (χ2n) is 8.72. The van der Waals surface area contributed by atoms with Gasteiger partial charge >= 0.3 is 0 Å². The quantitative estimate of drug-likeness (QED) is 0.597. The summed E-state index contributed by atoms with van der Waals surface area (Å²) in [5.41, 5.74) is 1.56. The minimum atomic E-state index is -0.235. The third-order valence-corrected chi connectivity index (χ3v) is 5.22. The minimum absolute atomic E-state index is 0.231. The molecule has 0 bridgehead atoms. The van der Waals surface area contributed by atoms with Crippen molar-refractivity contribution in [2.24, 2.45) is 0 Å². The lowest BCUT2D eigenvalue weighted by Gasteiger charge is -2.13. The van der Waals surface area contributed by atoms with E-state index in [0.29, 0.717) is 34.6 Å². The van der Waals surface area contributed by atoms with Crippen LogP contribution >= 0.6 is 0 Å². The fourth-order valence-corrected chi connectivity index (χ4v) is 3.52. The van der Waals surface area contributed by atoms with Crippen LogP contribution in [-0.4, -0.2) is 22.2 Å². The van der Waals surface area contributed by atoms with Crippen LogP contribution < -0.4 is 10.1 Å². The van der Waals surface area contributed by atoms with Gasteiger partial charge in [-0.05, 0) is 62.1 Å². The van der Waals surface area contributed by atoms with Crippen LogP contribution in [0.15, 0.2) is 53.1 Å². The Morgan fingerprint density at radius 3 is 2.43 bits per heavy atom. The van der Waals surface area contributed by atoms with Gasteiger partial charge in [-0.2, -0.15) is 4.98 Å². The topological polar surface area (TPSA) is 77.2 Å². The highest BCUT2D eigenvalue weighted by atomic mass is 16.5. The third-order valence-electron chi connectivity index (χ3n) is 5.22. The molecule has 0 radical (unpaired) electrons. The zero-order valence-electron chi connectivity index (χ0n) is 17.6. The van der Waals surface area contributed by atoms with E-state index < -0.39 is 0 Å². The van der Waals surface area contributed by atoms with Crippen molar-refractivity contribution in [2.45, 2.75) is 58.0 Å². The molecular weight excluding hydrogens is 378 g/mol. The Kier molecular flexibility index (Phi) is 5.57. The van der Waals surface area contributed by atoms with Crippen molar-refractivity contribution in [3.8, 4) is 17.2 Å². The standard InChI is InChI=1S/C24H27N3O3/c1-24(2,3)23-26-22(30-27-23)20-11-7-6-10-19(20)21(28)25-16-12-14-18(15-13-16)29-17-8-4-5-9-17/h6-7,10-15,17H,4-5,8-9H2,1-3H3,(H,25,28). The lowest BCUT2D eigenvalue weighted by Crippen LogP contribution is -2.14. The van der Waals surface area contributed by atoms with Crippen molar-refractivity contribution in [2.75, 3.05) is 5.32 Å². The summed E-state index contributed by atoms with van der Waals surface area (Å²) in [5, 5.41) is 7.01. The van der Waals surface area contributed by atoms with E-state index in [2.05, 4.69) is 15.5 Å². The van der Waals surface area contributed by atoms with E-state index in [1.807, 2.05) is 63.2 Å². The van der Waals surface area contributed by atoms with Crippen LogP contribution in [0.2, 0.25) is 0 Å². The highest BCUT2D eigenvalue weighted by Gasteiger charge is 2.23. The van der Waals surface area contributed by atoms with Crippen LogP contribution in [0.4, 0.5) is 5.69 Å². The predicted molar refractivity (Wildman–Crippen MR) is 116 cm³/mol. The molecular formula is C24H27N3O3. The molecule has 30 heavy (non-hydrogen) atoms. The summed E-state index contributed by atoms with van der Waals surface area (Å²) >= 11 is 0. The largest absolute Gasteiger partial charge is 0.490 e. The van der Waals surface area contributed by atoms with Gasteiger partial charge in [0.15, 0.2) is 5.82 Å². The first-order valence-electron chi connectivity index (χ1n) is 10.4. The fourth-order valence-electron chi connectivity index (χ4n) is 3.52. The number of nitrogens with one attached hydrogen (secondary N) is 1. The van der Waals surface area contributed by atoms with E-state index in [9.17, 15) is 4.79 Å². The van der Waals surface area contributed by atoms with Crippen LogP contribution in [0.1, 0.15) is 62.6 Å². The van der Waals surface area contributed by atoms with Crippen molar-refractivity contribution >= 4 is 11.6 Å². The molecule has 6 nitrogen and oxygen atoms in total. The smallest absolute Gasteiger partial charge is 0.258 e. The monoisotopic (exact) mass is 405 g/mol. The number of rotatable bonds is 5. The Bertz CT molecular complexity index is 1010. The first-order chi connectivity index (χ1) is 14.4. The number of anilines is 1. The molecule has 2 aromatic carbocycles. The molecule has 1 fully saturated rings. The molecule has 0 spiro atoms. The Morgan fingerprint density at radius 2 is 1.77 bits per heavy atom. The van der Waals surface area contributed by atoms with Gasteiger partial charge in [0.25, 0.3) is 11.8 Å². The van der Waals surface area contributed by atoms with E-state index in [1.54, 1.807) is 6.07 Å². The molecule has 1 aliphatic rings. The number of carbonyl (C=O) groups excluding carboxylic acids is 1. The lowest BCUT2D eigenvalue weighted by molar-refractivity contribution is 0.102. The van der Waals surface area contributed by atoms with Crippen molar-refractivity contribution in [3.63, 3.8) is 0 Å². The number of hydrogen-bond acceptors (Lipinski definition) is 5. The normalized spacial score (nSPS) is 14.6. The molecule has 1 aliphatic carbocycles. The number of hydrogen-bond donors (Lipinski definition) is 1. The van der Waals surface area contributed by atoms with E-state index >= 15 is 0 Å². The van der Waals surface area contributed by atoms with E-state index in [1.165, 1.54) is 12.8 Å². The highest BCUT2D eigenvalue weighted by molar-refractivity contribution is 6.08. The summed E-state index contributed by atoms with van der Waals surface area (Å²) in [6.07, 6.45) is 5.00. The molecule has 3 aromatic rings.